The van der Waals surface area contributed by atoms with Crippen molar-refractivity contribution >= 4 is 0 Å². The normalized spacial score (nSPS) is 24.8. The van der Waals surface area contributed by atoms with E-state index in [-0.39, 0.29) is 0 Å². The molecule has 1 aliphatic heterocycles. The first-order valence-corrected chi connectivity index (χ1v) is 5.56. The summed E-state index contributed by atoms with van der Waals surface area (Å²) < 4.78 is 185. The molecule has 1 aliphatic rings. The summed E-state index contributed by atoms with van der Waals surface area (Å²) in [5.41, 5.74) is 0. The number of halogens is 14. The highest BCUT2D eigenvalue weighted by molar-refractivity contribution is 5.01. The summed E-state index contributed by atoms with van der Waals surface area (Å²) in [6.45, 7) is -2.46. The van der Waals surface area contributed by atoms with Crippen LogP contribution in [0, 0.1) is 0 Å². The van der Waals surface area contributed by atoms with E-state index in [2.05, 4.69) is 9.47 Å². The number of hydrogen-bond donors (Lipinski definition) is 0. The number of rotatable bonds is 4. The molecule has 154 valence electrons. The molecule has 2 atom stereocenters. The van der Waals surface area contributed by atoms with E-state index in [0.29, 0.717) is 0 Å². The van der Waals surface area contributed by atoms with E-state index in [4.69, 9.17) is 0 Å². The molecule has 3 nitrogen and oxygen atoms in total. The Balaban J connectivity index is 3.39. The zero-order chi connectivity index (χ0) is 21.0. The molecule has 0 N–H and O–H groups in total. The van der Waals surface area contributed by atoms with E-state index < -0.39 is 54.7 Å². The summed E-state index contributed by atoms with van der Waals surface area (Å²) in [5, 5.41) is 0. The lowest BCUT2D eigenvalue weighted by molar-refractivity contribution is -0.514. The lowest BCUT2D eigenvalue weighted by atomic mass is 10.1. The van der Waals surface area contributed by atoms with Crippen LogP contribution < -0.4 is 0 Å². The molecule has 0 saturated carbocycles. The van der Waals surface area contributed by atoms with Crippen LogP contribution in [0.3, 0.4) is 0 Å². The maximum atomic E-state index is 13.7. The Kier molecular flexibility index (Phi) is 5.09. The molecule has 0 radical (unpaired) electrons. The van der Waals surface area contributed by atoms with E-state index in [1.807, 2.05) is 4.74 Å². The van der Waals surface area contributed by atoms with E-state index in [1.54, 1.807) is 0 Å². The summed E-state index contributed by atoms with van der Waals surface area (Å²) in [5.74, 6) is -22.8. The molecule has 1 saturated heterocycles. The Labute approximate surface area is 132 Å². The van der Waals surface area contributed by atoms with Crippen LogP contribution in [0.1, 0.15) is 0 Å². The van der Waals surface area contributed by atoms with Gasteiger partial charge in [0.15, 0.2) is 6.61 Å². The highest BCUT2D eigenvalue weighted by Crippen LogP contribution is 2.57. The molecule has 17 heteroatoms. The molecule has 0 aromatic heterocycles. The molecule has 0 aromatic rings. The molecule has 1 rings (SSSR count). The van der Waals surface area contributed by atoms with Crippen molar-refractivity contribution in [1.29, 1.82) is 0 Å². The molecule has 0 spiro atoms. The van der Waals surface area contributed by atoms with Gasteiger partial charge in [-0.1, -0.05) is 0 Å². The summed E-state index contributed by atoms with van der Waals surface area (Å²) >= 11 is 0. The summed E-state index contributed by atoms with van der Waals surface area (Å²) in [6, 6.07) is 0. The average molecular weight is 424 g/mol. The van der Waals surface area contributed by atoms with Crippen molar-refractivity contribution in [1.82, 2.24) is 0 Å². The number of ether oxygens (including phenoxy) is 3. The molecule has 1 heterocycles. The molecule has 0 aromatic carbocycles. The first-order valence-electron chi connectivity index (χ1n) is 5.56. The maximum absolute atomic E-state index is 13.7. The molecule has 0 amide bonds. The highest BCUT2D eigenvalue weighted by Gasteiger charge is 2.86. The zero-order valence-electron chi connectivity index (χ0n) is 11.2. The van der Waals surface area contributed by atoms with Gasteiger partial charge in [-0.2, -0.15) is 61.5 Å². The first-order chi connectivity index (χ1) is 11.2. The van der Waals surface area contributed by atoms with Gasteiger partial charge < -0.3 is 9.47 Å². The predicted molar refractivity (Wildman–Crippen MR) is 47.0 cm³/mol. The second-order valence-electron chi connectivity index (χ2n) is 4.45. The Hall–Kier alpha value is -1.68. The topological polar surface area (TPSA) is 27.7 Å². The lowest BCUT2D eigenvalue weighted by Crippen LogP contribution is -2.67. The molecule has 0 aliphatic carbocycles. The van der Waals surface area contributed by atoms with Gasteiger partial charge in [-0.15, -0.1) is 0 Å². The van der Waals surface area contributed by atoms with Crippen LogP contribution in [-0.2, 0) is 14.2 Å². The third-order valence-corrected chi connectivity index (χ3v) is 2.63. The zero-order valence-corrected chi connectivity index (χ0v) is 11.2. The van der Waals surface area contributed by atoms with Crippen molar-refractivity contribution < 1.29 is 75.7 Å². The number of alkyl halides is 12. The Morgan fingerprint density at radius 2 is 1.31 bits per heavy atom. The Morgan fingerprint density at radius 3 is 1.62 bits per heavy atom. The van der Waals surface area contributed by atoms with Gasteiger partial charge in [-0.3, -0.25) is 4.74 Å². The van der Waals surface area contributed by atoms with Crippen LogP contribution >= 0.6 is 0 Å². The minimum absolute atomic E-state index is 1.85. The fourth-order valence-electron chi connectivity index (χ4n) is 1.34. The smallest absolute Gasteiger partial charge is 0.454 e. The number of hydrogen-bond acceptors (Lipinski definition) is 3. The average Bonchev–Trinajstić information content (AvgIpc) is 2.80. The van der Waals surface area contributed by atoms with Crippen molar-refractivity contribution in [3.05, 3.63) is 12.0 Å². The minimum Gasteiger partial charge on any atom is -0.454 e. The van der Waals surface area contributed by atoms with E-state index in [9.17, 15) is 61.5 Å². The lowest BCUT2D eigenvalue weighted by Gasteiger charge is -2.38. The Bertz CT molecular complexity index is 575. The van der Waals surface area contributed by atoms with Gasteiger partial charge in [0.2, 0.25) is 0 Å². The summed E-state index contributed by atoms with van der Waals surface area (Å²) in [4.78, 5) is 0. The van der Waals surface area contributed by atoms with Crippen molar-refractivity contribution in [2.45, 2.75) is 36.1 Å². The molecular formula is C9H2F14O3. The van der Waals surface area contributed by atoms with Gasteiger partial charge >= 0.3 is 48.1 Å². The van der Waals surface area contributed by atoms with Gasteiger partial charge in [0.1, 0.15) is 0 Å². The third-order valence-electron chi connectivity index (χ3n) is 2.63. The van der Waals surface area contributed by atoms with Gasteiger partial charge in [0.25, 0.3) is 0 Å². The van der Waals surface area contributed by atoms with Crippen LogP contribution in [-0.4, -0.2) is 42.7 Å². The monoisotopic (exact) mass is 424 g/mol. The maximum Gasteiger partial charge on any atom is 0.459 e. The largest absolute Gasteiger partial charge is 0.459 e. The fourth-order valence-corrected chi connectivity index (χ4v) is 1.34. The van der Waals surface area contributed by atoms with Gasteiger partial charge in [-0.05, 0) is 0 Å². The van der Waals surface area contributed by atoms with E-state index in [1.165, 1.54) is 0 Å². The molecule has 26 heavy (non-hydrogen) atoms. The van der Waals surface area contributed by atoms with Crippen molar-refractivity contribution in [2.75, 3.05) is 6.61 Å². The van der Waals surface area contributed by atoms with Crippen LogP contribution in [0.5, 0.6) is 0 Å². The first kappa shape index (κ1) is 22.4. The van der Waals surface area contributed by atoms with Gasteiger partial charge in [-0.25, -0.2) is 0 Å². The summed E-state index contributed by atoms with van der Waals surface area (Å²) in [6.07, 6.45) is -24.7. The SMILES string of the molecule is FC(F)=C1OCC(F)(C(F)(F)OC(F)(C(F)(F)F)C(F)(F)C(F)(F)F)O1. The van der Waals surface area contributed by atoms with Crippen molar-refractivity contribution in [2.24, 2.45) is 0 Å². The summed E-state index contributed by atoms with van der Waals surface area (Å²) in [7, 11) is 0. The quantitative estimate of drug-likeness (QED) is 0.608. The van der Waals surface area contributed by atoms with E-state index in [0.717, 1.165) is 0 Å². The standard InChI is InChI=1S/C9H2F14O3/c10-2(11)3-24-1-4(12,25-3)9(22,23)26-6(15,8(19,20)21)5(13,14)7(16,17)18/h1H2. The van der Waals surface area contributed by atoms with Gasteiger partial charge in [0, 0.05) is 0 Å². The van der Waals surface area contributed by atoms with Crippen LogP contribution in [0.15, 0.2) is 12.0 Å². The second kappa shape index (κ2) is 5.91. The van der Waals surface area contributed by atoms with Crippen LogP contribution in [0.4, 0.5) is 61.5 Å². The molecular weight excluding hydrogens is 422 g/mol. The molecule has 0 bridgehead atoms. The molecule has 1 fully saturated rings. The predicted octanol–water partition coefficient (Wildman–Crippen LogP) is 4.80. The highest BCUT2D eigenvalue weighted by atomic mass is 19.4. The van der Waals surface area contributed by atoms with Gasteiger partial charge in [0.05, 0.1) is 0 Å². The minimum atomic E-state index is -7.67. The Morgan fingerprint density at radius 1 is 0.846 bits per heavy atom. The fraction of sp³-hybridized carbons (Fsp3) is 0.778. The van der Waals surface area contributed by atoms with Crippen molar-refractivity contribution in [3.8, 4) is 0 Å². The second-order valence-corrected chi connectivity index (χ2v) is 4.45. The third kappa shape index (κ3) is 3.32. The van der Waals surface area contributed by atoms with Crippen molar-refractivity contribution in [3.63, 3.8) is 0 Å². The van der Waals surface area contributed by atoms with Crippen LogP contribution in [0.25, 0.3) is 0 Å². The van der Waals surface area contributed by atoms with E-state index >= 15 is 0 Å². The van der Waals surface area contributed by atoms with Crippen LogP contribution in [0.2, 0.25) is 0 Å². The molecule has 2 unspecified atom stereocenters.